The van der Waals surface area contributed by atoms with Gasteiger partial charge in [-0.3, -0.25) is 15.1 Å². The largest absolute Gasteiger partial charge is 0.377 e. The summed E-state index contributed by atoms with van der Waals surface area (Å²) in [6.07, 6.45) is 9.09. The van der Waals surface area contributed by atoms with Crippen molar-refractivity contribution in [3.05, 3.63) is 41.9 Å². The second-order valence-corrected chi connectivity index (χ2v) is 8.29. The van der Waals surface area contributed by atoms with Gasteiger partial charge >= 0.3 is 0 Å². The Hall–Kier alpha value is -2.82. The second-order valence-electron chi connectivity index (χ2n) is 8.29. The molecule has 10 heteroatoms. The predicted octanol–water partition coefficient (Wildman–Crippen LogP) is 1.60. The van der Waals surface area contributed by atoms with Gasteiger partial charge in [-0.2, -0.15) is 4.98 Å². The fourth-order valence-corrected chi connectivity index (χ4v) is 3.61. The zero-order chi connectivity index (χ0) is 23.3. The van der Waals surface area contributed by atoms with Crippen molar-refractivity contribution < 1.29 is 9.90 Å². The molecular formula is C23H36N8O2. The normalized spacial score (nSPS) is 21.0. The third-order valence-corrected chi connectivity index (χ3v) is 5.59. The number of aromatic nitrogens is 3. The van der Waals surface area contributed by atoms with Gasteiger partial charge in [0, 0.05) is 31.5 Å². The van der Waals surface area contributed by atoms with Crippen molar-refractivity contribution >= 4 is 17.7 Å². The van der Waals surface area contributed by atoms with Crippen LogP contribution in [0.4, 0.5) is 11.8 Å². The van der Waals surface area contributed by atoms with Crippen LogP contribution in [0.2, 0.25) is 0 Å². The maximum absolute atomic E-state index is 12.8. The molecule has 0 fully saturated rings. The molecule has 1 aliphatic heterocycles. The van der Waals surface area contributed by atoms with Crippen molar-refractivity contribution in [1.82, 2.24) is 25.6 Å². The van der Waals surface area contributed by atoms with Crippen LogP contribution in [0.1, 0.15) is 61.0 Å². The molecule has 0 saturated heterocycles. The monoisotopic (exact) mass is 456 g/mol. The Morgan fingerprint density at radius 3 is 2.67 bits per heavy atom. The summed E-state index contributed by atoms with van der Waals surface area (Å²) in [4.78, 5) is 25.9. The molecule has 1 aliphatic rings. The van der Waals surface area contributed by atoms with Crippen molar-refractivity contribution in [3.8, 4) is 0 Å². The number of rotatable bonds is 3. The number of fused-ring (bicyclic) bond motifs is 2. The fraction of sp³-hybridized carbons (Fsp3) is 0.565. The van der Waals surface area contributed by atoms with Gasteiger partial charge < -0.3 is 26.8 Å². The Labute approximate surface area is 195 Å². The van der Waals surface area contributed by atoms with Gasteiger partial charge in [0.15, 0.2) is 0 Å². The van der Waals surface area contributed by atoms with Crippen LogP contribution in [-0.4, -0.2) is 57.9 Å². The molecule has 1 unspecified atom stereocenters. The van der Waals surface area contributed by atoms with Crippen LogP contribution in [0.25, 0.3) is 0 Å². The van der Waals surface area contributed by atoms with E-state index < -0.39 is 6.23 Å². The third kappa shape index (κ3) is 8.56. The number of nitrogens with one attached hydrogen (secondary N) is 4. The third-order valence-electron chi connectivity index (χ3n) is 5.59. The standard InChI is InChI=1S/C23H36N8O2/c24-19-10-4-8-12-26-20-18(21(32)29-15-17-9-3-7-11-25-17)16-30-23(31-20)28-14-6-2-1-5-13-27-22(19)33/h3,7,9,11,16,19,22,27,33H,1-2,4-6,8,10,12-15,24H2,(H,29,32)(H2,26,28,30,31)/t19-,22?/m0/s1. The van der Waals surface area contributed by atoms with E-state index >= 15 is 0 Å². The lowest BCUT2D eigenvalue weighted by Gasteiger charge is -2.20. The minimum Gasteiger partial charge on any atom is -0.377 e. The van der Waals surface area contributed by atoms with Crippen LogP contribution >= 0.6 is 0 Å². The molecule has 0 aromatic carbocycles. The zero-order valence-corrected chi connectivity index (χ0v) is 19.1. The second kappa shape index (κ2) is 13.7. The minimum absolute atomic E-state index is 0.256. The quantitative estimate of drug-likeness (QED) is 0.405. The molecule has 0 saturated carbocycles. The highest BCUT2D eigenvalue weighted by Crippen LogP contribution is 2.15. The molecule has 1 amide bonds. The van der Waals surface area contributed by atoms with E-state index in [1.807, 2.05) is 18.2 Å². The van der Waals surface area contributed by atoms with Crippen LogP contribution in [0.15, 0.2) is 30.6 Å². The Balaban J connectivity index is 1.64. The van der Waals surface area contributed by atoms with Gasteiger partial charge in [-0.05, 0) is 44.4 Å². The molecule has 0 aliphatic carbocycles. The number of hydrogen-bond acceptors (Lipinski definition) is 9. The number of nitrogens with two attached hydrogens (primary N) is 1. The molecule has 2 aromatic rings. The summed E-state index contributed by atoms with van der Waals surface area (Å²) in [6.45, 7) is 2.48. The van der Waals surface area contributed by atoms with Gasteiger partial charge in [-0.1, -0.05) is 25.3 Å². The number of aliphatic hydroxyl groups excluding tert-OH is 1. The molecule has 3 rings (SSSR count). The summed E-state index contributed by atoms with van der Waals surface area (Å²) >= 11 is 0. The average Bonchev–Trinajstić information content (AvgIpc) is 2.84. The van der Waals surface area contributed by atoms with Crippen molar-refractivity contribution in [3.63, 3.8) is 0 Å². The number of pyridine rings is 1. The molecule has 10 nitrogen and oxygen atoms in total. The van der Waals surface area contributed by atoms with Crippen LogP contribution in [-0.2, 0) is 6.54 Å². The number of amides is 1. The number of aliphatic hydroxyl groups is 1. The Kier molecular flexibility index (Phi) is 10.3. The SMILES string of the molecule is N[C@H]1CCCCNc2nc(ncc2C(=O)NCc2ccccn2)NCCCCCCNC1O. The van der Waals surface area contributed by atoms with Crippen LogP contribution in [0.5, 0.6) is 0 Å². The Morgan fingerprint density at radius 1 is 1.06 bits per heavy atom. The molecule has 7 N–H and O–H groups in total. The first kappa shape index (κ1) is 24.8. The van der Waals surface area contributed by atoms with Crippen molar-refractivity contribution in [2.24, 2.45) is 5.73 Å². The van der Waals surface area contributed by atoms with Crippen molar-refractivity contribution in [2.75, 3.05) is 30.3 Å². The number of anilines is 2. The molecular weight excluding hydrogens is 420 g/mol. The fourth-order valence-electron chi connectivity index (χ4n) is 3.61. The lowest BCUT2D eigenvalue weighted by atomic mass is 10.1. The van der Waals surface area contributed by atoms with E-state index in [1.165, 1.54) is 0 Å². The topological polar surface area (TPSA) is 150 Å². The first-order valence-electron chi connectivity index (χ1n) is 11.8. The molecule has 3 heterocycles. The number of carbonyl (C=O) groups is 1. The highest BCUT2D eigenvalue weighted by atomic mass is 16.3. The summed E-state index contributed by atoms with van der Waals surface area (Å²) in [5, 5.41) is 22.7. The molecule has 2 bridgehead atoms. The van der Waals surface area contributed by atoms with Gasteiger partial charge in [-0.25, -0.2) is 4.98 Å². The summed E-state index contributed by atoms with van der Waals surface area (Å²) in [5.41, 5.74) is 7.28. The van der Waals surface area contributed by atoms with E-state index in [2.05, 4.69) is 36.2 Å². The Bertz CT molecular complexity index is 852. The average molecular weight is 457 g/mol. The zero-order valence-electron chi connectivity index (χ0n) is 19.1. The van der Waals surface area contributed by atoms with E-state index in [4.69, 9.17) is 5.73 Å². The van der Waals surface area contributed by atoms with E-state index in [-0.39, 0.29) is 11.9 Å². The lowest BCUT2D eigenvalue weighted by molar-refractivity contribution is 0.0950. The van der Waals surface area contributed by atoms with E-state index in [0.717, 1.165) is 57.3 Å². The molecule has 0 radical (unpaired) electrons. The van der Waals surface area contributed by atoms with Crippen molar-refractivity contribution in [1.29, 1.82) is 0 Å². The first-order chi connectivity index (χ1) is 16.1. The summed E-state index contributed by atoms with van der Waals surface area (Å²) in [7, 11) is 0. The van der Waals surface area contributed by atoms with Crippen LogP contribution in [0.3, 0.4) is 0 Å². The first-order valence-corrected chi connectivity index (χ1v) is 11.8. The lowest BCUT2D eigenvalue weighted by Crippen LogP contribution is -2.45. The number of carbonyl (C=O) groups excluding carboxylic acids is 1. The van der Waals surface area contributed by atoms with Crippen LogP contribution < -0.4 is 27.0 Å². The molecule has 33 heavy (non-hydrogen) atoms. The number of hydrogen-bond donors (Lipinski definition) is 6. The van der Waals surface area contributed by atoms with Gasteiger partial charge in [0.2, 0.25) is 5.95 Å². The smallest absolute Gasteiger partial charge is 0.256 e. The van der Waals surface area contributed by atoms with Gasteiger partial charge in [0.25, 0.3) is 5.91 Å². The summed E-state index contributed by atoms with van der Waals surface area (Å²) in [6, 6.07) is 5.28. The van der Waals surface area contributed by atoms with Gasteiger partial charge in [-0.15, -0.1) is 0 Å². The molecule has 2 aromatic heterocycles. The van der Waals surface area contributed by atoms with Gasteiger partial charge in [0.1, 0.15) is 17.6 Å². The Morgan fingerprint density at radius 2 is 1.85 bits per heavy atom. The number of nitrogens with zero attached hydrogens (tertiary/aromatic N) is 3. The van der Waals surface area contributed by atoms with Gasteiger partial charge in [0.05, 0.1) is 12.2 Å². The molecule has 180 valence electrons. The highest BCUT2D eigenvalue weighted by molar-refractivity contribution is 5.98. The summed E-state index contributed by atoms with van der Waals surface area (Å²) in [5.74, 6) is 0.748. The maximum Gasteiger partial charge on any atom is 0.256 e. The van der Waals surface area contributed by atoms with Crippen LogP contribution in [0, 0.1) is 0 Å². The molecule has 0 spiro atoms. The minimum atomic E-state index is -0.683. The van der Waals surface area contributed by atoms with E-state index in [9.17, 15) is 9.90 Å². The molecule has 2 atom stereocenters. The highest BCUT2D eigenvalue weighted by Gasteiger charge is 2.16. The predicted molar refractivity (Wildman–Crippen MR) is 129 cm³/mol. The summed E-state index contributed by atoms with van der Waals surface area (Å²) < 4.78 is 0. The van der Waals surface area contributed by atoms with E-state index in [1.54, 1.807) is 12.4 Å². The maximum atomic E-state index is 12.8. The van der Waals surface area contributed by atoms with Crippen molar-refractivity contribution in [2.45, 2.75) is 63.8 Å². The van der Waals surface area contributed by atoms with E-state index in [0.29, 0.717) is 36.8 Å².